The summed E-state index contributed by atoms with van der Waals surface area (Å²) in [5.74, 6) is -2.14. The molecule has 3 saturated heterocycles. The number of fused-ring (bicyclic) bond motifs is 6. The number of halogens is 3. The number of ether oxygens (including phenoxy) is 2. The van der Waals surface area contributed by atoms with Gasteiger partial charge < -0.3 is 14.8 Å². The average molecular weight is 420 g/mol. The SMILES string of the molecule is CN1C2CNCC1C1C(OS(=O)(=O)C(F)(F)F)(C2)C12OC(c1ccccc1)O2. The third-order valence-corrected chi connectivity index (χ3v) is 7.44. The van der Waals surface area contributed by atoms with Crippen LogP contribution in [0.4, 0.5) is 13.2 Å². The average Bonchev–Trinajstić information content (AvgIpc) is 3.14. The van der Waals surface area contributed by atoms with E-state index in [9.17, 15) is 21.6 Å². The summed E-state index contributed by atoms with van der Waals surface area (Å²) in [6, 6.07) is 8.51. The normalized spacial score (nSPS) is 42.7. The summed E-state index contributed by atoms with van der Waals surface area (Å²) in [5.41, 5.74) is -6.47. The Labute approximate surface area is 159 Å². The number of nitrogens with one attached hydrogen (secondary N) is 1. The van der Waals surface area contributed by atoms with E-state index >= 15 is 0 Å². The van der Waals surface area contributed by atoms with Crippen LogP contribution in [0.2, 0.25) is 0 Å². The lowest BCUT2D eigenvalue weighted by Crippen LogP contribution is -2.62. The van der Waals surface area contributed by atoms with Crippen LogP contribution in [-0.4, -0.2) is 62.4 Å². The highest BCUT2D eigenvalue weighted by Gasteiger charge is 2.91. The van der Waals surface area contributed by atoms with Crippen LogP contribution < -0.4 is 5.32 Å². The first-order chi connectivity index (χ1) is 13.1. The lowest BCUT2D eigenvalue weighted by molar-refractivity contribution is -0.431. The molecule has 2 bridgehead atoms. The van der Waals surface area contributed by atoms with Crippen molar-refractivity contribution in [3.63, 3.8) is 0 Å². The van der Waals surface area contributed by atoms with E-state index in [0.717, 1.165) is 0 Å². The van der Waals surface area contributed by atoms with Gasteiger partial charge >= 0.3 is 15.6 Å². The first-order valence-electron chi connectivity index (χ1n) is 8.96. The standard InChI is InChI=1S/C17H19F3N2O5S/c1-22-11-7-15(27-28(23,24)17(18,19)20)13(12(22)9-21-8-11)16(15)25-14(26-16)10-5-3-2-4-6-10/h2-6,11-14,21H,7-9H2,1H3. The van der Waals surface area contributed by atoms with Gasteiger partial charge in [0, 0.05) is 37.2 Å². The largest absolute Gasteiger partial charge is 0.523 e. The second-order valence-electron chi connectivity index (χ2n) is 7.75. The van der Waals surface area contributed by atoms with E-state index in [-0.39, 0.29) is 18.5 Å². The topological polar surface area (TPSA) is 77.1 Å². The molecule has 1 saturated carbocycles. The number of benzene rings is 1. The Morgan fingerprint density at radius 1 is 1.21 bits per heavy atom. The van der Waals surface area contributed by atoms with Crippen molar-refractivity contribution in [2.75, 3.05) is 20.1 Å². The molecule has 4 unspecified atom stereocenters. The highest BCUT2D eigenvalue weighted by Crippen LogP contribution is 2.74. The van der Waals surface area contributed by atoms with Crippen LogP contribution in [0.5, 0.6) is 0 Å². The van der Waals surface area contributed by atoms with E-state index in [4.69, 9.17) is 13.7 Å². The molecule has 5 rings (SSSR count). The molecule has 4 fully saturated rings. The number of hydrogen-bond donors (Lipinski definition) is 1. The van der Waals surface area contributed by atoms with Gasteiger partial charge in [-0.25, -0.2) is 0 Å². The maximum Gasteiger partial charge on any atom is 0.523 e. The number of hydrogen-bond acceptors (Lipinski definition) is 7. The van der Waals surface area contributed by atoms with Crippen LogP contribution in [0, 0.1) is 5.92 Å². The van der Waals surface area contributed by atoms with E-state index in [1.165, 1.54) is 0 Å². The van der Waals surface area contributed by atoms with Gasteiger partial charge in [-0.05, 0) is 7.05 Å². The third-order valence-electron chi connectivity index (χ3n) is 6.35. The first kappa shape index (κ1) is 18.8. The molecule has 0 radical (unpaired) electrons. The summed E-state index contributed by atoms with van der Waals surface area (Å²) in [4.78, 5) is 2.04. The maximum atomic E-state index is 13.0. The fourth-order valence-electron chi connectivity index (χ4n) is 5.00. The molecule has 3 heterocycles. The molecule has 1 spiro atoms. The lowest BCUT2D eigenvalue weighted by Gasteiger charge is -2.45. The zero-order valence-corrected chi connectivity index (χ0v) is 15.7. The van der Waals surface area contributed by atoms with Crippen molar-refractivity contribution in [2.45, 2.75) is 41.7 Å². The van der Waals surface area contributed by atoms with Crippen molar-refractivity contribution in [3.05, 3.63) is 35.9 Å². The fourth-order valence-corrected chi connectivity index (χ4v) is 5.77. The quantitative estimate of drug-likeness (QED) is 0.584. The predicted octanol–water partition coefficient (Wildman–Crippen LogP) is 1.34. The van der Waals surface area contributed by atoms with Gasteiger partial charge in [0.05, 0.1) is 5.92 Å². The fraction of sp³-hybridized carbons (Fsp3) is 0.647. The number of alkyl halides is 3. The smallest absolute Gasteiger partial charge is 0.314 e. The van der Waals surface area contributed by atoms with Crippen LogP contribution in [-0.2, 0) is 23.8 Å². The summed E-state index contributed by atoms with van der Waals surface area (Å²) < 4.78 is 79.6. The molecular formula is C17H19F3N2O5S. The number of nitrogens with zero attached hydrogens (tertiary/aromatic N) is 1. The minimum atomic E-state index is -5.79. The summed E-state index contributed by atoms with van der Waals surface area (Å²) in [7, 11) is -3.92. The molecule has 28 heavy (non-hydrogen) atoms. The van der Waals surface area contributed by atoms with E-state index < -0.39 is 39.2 Å². The summed E-state index contributed by atoms with van der Waals surface area (Å²) in [5, 5.41) is 3.23. The number of likely N-dealkylation sites (N-methyl/N-ethyl adjacent to an activating group) is 1. The summed E-state index contributed by atoms with van der Waals surface area (Å²) >= 11 is 0. The Bertz CT molecular complexity index is 890. The molecule has 7 nitrogen and oxygen atoms in total. The Balaban J connectivity index is 1.49. The van der Waals surface area contributed by atoms with Crippen LogP contribution in [0.15, 0.2) is 30.3 Å². The van der Waals surface area contributed by atoms with Crippen molar-refractivity contribution < 1.29 is 35.2 Å². The van der Waals surface area contributed by atoms with E-state index in [0.29, 0.717) is 18.7 Å². The van der Waals surface area contributed by atoms with Gasteiger partial charge in [-0.2, -0.15) is 21.6 Å². The third kappa shape index (κ3) is 2.31. The molecule has 11 heteroatoms. The maximum absolute atomic E-state index is 13.0. The van der Waals surface area contributed by atoms with Crippen LogP contribution in [0.1, 0.15) is 18.3 Å². The Morgan fingerprint density at radius 2 is 1.89 bits per heavy atom. The van der Waals surface area contributed by atoms with Gasteiger partial charge in [0.15, 0.2) is 11.9 Å². The zero-order valence-electron chi connectivity index (χ0n) is 14.8. The zero-order chi connectivity index (χ0) is 19.9. The van der Waals surface area contributed by atoms with Gasteiger partial charge in [0.2, 0.25) is 5.79 Å². The lowest BCUT2D eigenvalue weighted by atomic mass is 9.91. The predicted molar refractivity (Wildman–Crippen MR) is 89.2 cm³/mol. The summed E-state index contributed by atoms with van der Waals surface area (Å²) in [6.07, 6.45) is -0.701. The Hall–Kier alpha value is -1.24. The van der Waals surface area contributed by atoms with E-state index in [1.807, 2.05) is 18.0 Å². The summed E-state index contributed by atoms with van der Waals surface area (Å²) in [6.45, 7) is 1.01. The Morgan fingerprint density at radius 3 is 2.54 bits per heavy atom. The molecule has 0 aromatic heterocycles. The van der Waals surface area contributed by atoms with Crippen LogP contribution in [0.3, 0.4) is 0 Å². The highest BCUT2D eigenvalue weighted by atomic mass is 32.2. The second kappa shape index (κ2) is 5.67. The monoisotopic (exact) mass is 420 g/mol. The molecule has 3 aliphatic heterocycles. The van der Waals surface area contributed by atoms with Crippen molar-refractivity contribution in [1.82, 2.24) is 10.2 Å². The molecule has 4 atom stereocenters. The van der Waals surface area contributed by atoms with Crippen molar-refractivity contribution >= 4 is 10.1 Å². The van der Waals surface area contributed by atoms with Crippen molar-refractivity contribution in [3.8, 4) is 0 Å². The Kier molecular flexibility index (Phi) is 3.80. The molecule has 4 aliphatic rings. The minimum Gasteiger partial charge on any atom is -0.314 e. The molecule has 1 aromatic carbocycles. The second-order valence-corrected chi connectivity index (χ2v) is 9.28. The molecule has 154 valence electrons. The van der Waals surface area contributed by atoms with Gasteiger partial charge in [-0.3, -0.25) is 9.08 Å². The van der Waals surface area contributed by atoms with Gasteiger partial charge in [-0.1, -0.05) is 30.3 Å². The van der Waals surface area contributed by atoms with E-state index in [1.54, 1.807) is 24.3 Å². The number of piperazine rings is 1. The number of rotatable bonds is 3. The molecule has 1 N–H and O–H groups in total. The van der Waals surface area contributed by atoms with Gasteiger partial charge in [-0.15, -0.1) is 0 Å². The number of piperidine rings is 1. The molecule has 1 aliphatic carbocycles. The highest BCUT2D eigenvalue weighted by molar-refractivity contribution is 7.87. The van der Waals surface area contributed by atoms with Gasteiger partial charge in [0.1, 0.15) is 0 Å². The van der Waals surface area contributed by atoms with Crippen LogP contribution in [0.25, 0.3) is 0 Å². The van der Waals surface area contributed by atoms with E-state index in [2.05, 4.69) is 5.32 Å². The van der Waals surface area contributed by atoms with Gasteiger partial charge in [0.25, 0.3) is 0 Å². The van der Waals surface area contributed by atoms with Crippen LogP contribution >= 0.6 is 0 Å². The first-order valence-corrected chi connectivity index (χ1v) is 10.4. The van der Waals surface area contributed by atoms with Crippen molar-refractivity contribution in [1.29, 1.82) is 0 Å². The molecular weight excluding hydrogens is 401 g/mol. The molecule has 1 aromatic rings. The van der Waals surface area contributed by atoms with Crippen molar-refractivity contribution in [2.24, 2.45) is 5.92 Å². The molecule has 0 amide bonds. The minimum absolute atomic E-state index is 0.0640.